The molecule has 1 heterocycles. The van der Waals surface area contributed by atoms with Crippen molar-refractivity contribution in [1.29, 1.82) is 0 Å². The first-order valence-electron chi connectivity index (χ1n) is 9.25. The van der Waals surface area contributed by atoms with Gasteiger partial charge in [0, 0.05) is 13.1 Å². The highest BCUT2D eigenvalue weighted by Gasteiger charge is 2.33. The molecule has 3 rings (SSSR count). The van der Waals surface area contributed by atoms with Crippen molar-refractivity contribution in [3.8, 4) is 0 Å². The molecule has 2 amide bonds. The van der Waals surface area contributed by atoms with E-state index < -0.39 is 21.8 Å². The summed E-state index contributed by atoms with van der Waals surface area (Å²) >= 11 is 6.00. The zero-order chi connectivity index (χ0) is 20.9. The fraction of sp³-hybridized carbons (Fsp3) is 0.300. The lowest BCUT2D eigenvalue weighted by atomic mass is 9.99. The minimum Gasteiger partial charge on any atom is -0.347 e. The Morgan fingerprint density at radius 2 is 1.76 bits per heavy atom. The highest BCUT2D eigenvalue weighted by Crippen LogP contribution is 2.24. The minimum absolute atomic E-state index is 0.0925. The summed E-state index contributed by atoms with van der Waals surface area (Å²) in [5, 5.41) is 5.62. The summed E-state index contributed by atoms with van der Waals surface area (Å²) in [7, 11) is -3.65. The molecule has 0 aromatic heterocycles. The molecular formula is C20H22ClN3O4S. The van der Waals surface area contributed by atoms with Crippen molar-refractivity contribution in [2.24, 2.45) is 5.92 Å². The number of halogens is 1. The number of anilines is 1. The van der Waals surface area contributed by atoms with Gasteiger partial charge in [-0.15, -0.1) is 0 Å². The van der Waals surface area contributed by atoms with Gasteiger partial charge in [-0.1, -0.05) is 41.9 Å². The van der Waals surface area contributed by atoms with Gasteiger partial charge in [-0.25, -0.2) is 8.42 Å². The van der Waals surface area contributed by atoms with E-state index in [9.17, 15) is 18.0 Å². The van der Waals surface area contributed by atoms with Crippen LogP contribution in [0.4, 0.5) is 5.69 Å². The molecule has 1 atom stereocenters. The summed E-state index contributed by atoms with van der Waals surface area (Å²) in [6.45, 7) is 0.245. The van der Waals surface area contributed by atoms with Crippen LogP contribution in [-0.2, 0) is 19.6 Å². The number of amides is 2. The predicted molar refractivity (Wildman–Crippen MR) is 111 cm³/mol. The van der Waals surface area contributed by atoms with E-state index in [0.717, 1.165) is 0 Å². The zero-order valence-corrected chi connectivity index (χ0v) is 17.2. The summed E-state index contributed by atoms with van der Waals surface area (Å²) < 4.78 is 26.9. The normalized spacial score (nSPS) is 17.5. The van der Waals surface area contributed by atoms with Gasteiger partial charge in [0.1, 0.15) is 0 Å². The van der Waals surface area contributed by atoms with Crippen molar-refractivity contribution >= 4 is 39.1 Å². The average molecular weight is 436 g/mol. The first-order chi connectivity index (χ1) is 13.9. The molecule has 29 heavy (non-hydrogen) atoms. The van der Waals surface area contributed by atoms with Gasteiger partial charge in [0.05, 0.1) is 28.1 Å². The molecule has 1 aliphatic heterocycles. The second kappa shape index (κ2) is 9.39. The van der Waals surface area contributed by atoms with Crippen LogP contribution in [0.5, 0.6) is 0 Å². The molecule has 0 bridgehead atoms. The second-order valence-corrected chi connectivity index (χ2v) is 9.11. The van der Waals surface area contributed by atoms with Gasteiger partial charge >= 0.3 is 0 Å². The van der Waals surface area contributed by atoms with Crippen molar-refractivity contribution in [2.45, 2.75) is 17.7 Å². The van der Waals surface area contributed by atoms with Crippen LogP contribution in [0.25, 0.3) is 0 Å². The Hall–Kier alpha value is -2.42. The number of benzene rings is 2. The SMILES string of the molecule is O=C(CNC(=O)C1CCCN(S(=O)(=O)c2ccccc2)C1)Nc1ccccc1Cl. The standard InChI is InChI=1S/C20H22ClN3O4S/c21-17-10-4-5-11-18(17)23-19(25)13-22-20(26)15-7-6-12-24(14-15)29(27,28)16-8-2-1-3-9-16/h1-5,8-11,15H,6-7,12-14H2,(H,22,26)(H,23,25). The zero-order valence-electron chi connectivity index (χ0n) is 15.7. The Morgan fingerprint density at radius 3 is 2.48 bits per heavy atom. The maximum Gasteiger partial charge on any atom is 0.243 e. The van der Waals surface area contributed by atoms with Gasteiger partial charge in [-0.05, 0) is 37.1 Å². The summed E-state index contributed by atoms with van der Waals surface area (Å²) in [4.78, 5) is 24.8. The van der Waals surface area contributed by atoms with E-state index in [1.54, 1.807) is 42.5 Å². The first-order valence-corrected chi connectivity index (χ1v) is 11.1. The molecule has 2 aromatic carbocycles. The third-order valence-corrected chi connectivity index (χ3v) is 6.92. The molecule has 1 saturated heterocycles. The molecule has 7 nitrogen and oxygen atoms in total. The van der Waals surface area contributed by atoms with E-state index in [4.69, 9.17) is 11.6 Å². The van der Waals surface area contributed by atoms with E-state index in [2.05, 4.69) is 10.6 Å². The number of carbonyl (C=O) groups excluding carboxylic acids is 2. The van der Waals surface area contributed by atoms with Crippen molar-refractivity contribution in [1.82, 2.24) is 9.62 Å². The minimum atomic E-state index is -3.65. The van der Waals surface area contributed by atoms with Gasteiger partial charge in [-0.3, -0.25) is 9.59 Å². The Morgan fingerprint density at radius 1 is 1.07 bits per heavy atom. The molecular weight excluding hydrogens is 414 g/mol. The number of rotatable bonds is 6. The third-order valence-electron chi connectivity index (χ3n) is 4.71. The summed E-state index contributed by atoms with van der Waals surface area (Å²) in [6, 6.07) is 15.0. The Balaban J connectivity index is 1.56. The Bertz CT molecular complexity index is 982. The molecule has 154 valence electrons. The third kappa shape index (κ3) is 5.35. The van der Waals surface area contributed by atoms with E-state index in [0.29, 0.717) is 30.1 Å². The topological polar surface area (TPSA) is 95.6 Å². The molecule has 9 heteroatoms. The maximum absolute atomic E-state index is 12.8. The van der Waals surface area contributed by atoms with Crippen molar-refractivity contribution in [3.63, 3.8) is 0 Å². The highest BCUT2D eigenvalue weighted by molar-refractivity contribution is 7.89. The quantitative estimate of drug-likeness (QED) is 0.728. The van der Waals surface area contributed by atoms with E-state index in [1.807, 2.05) is 0 Å². The molecule has 1 unspecified atom stereocenters. The second-order valence-electron chi connectivity index (χ2n) is 6.76. The van der Waals surface area contributed by atoms with E-state index >= 15 is 0 Å². The van der Waals surface area contributed by atoms with E-state index in [1.165, 1.54) is 16.4 Å². The Kier molecular flexibility index (Phi) is 6.89. The predicted octanol–water partition coefficient (Wildman–Crippen LogP) is 2.50. The van der Waals surface area contributed by atoms with Gasteiger partial charge < -0.3 is 10.6 Å². The highest BCUT2D eigenvalue weighted by atomic mass is 35.5. The largest absolute Gasteiger partial charge is 0.347 e. The number of nitrogens with zero attached hydrogens (tertiary/aromatic N) is 1. The van der Waals surface area contributed by atoms with Gasteiger partial charge in [-0.2, -0.15) is 4.31 Å². The van der Waals surface area contributed by atoms with Crippen LogP contribution in [0, 0.1) is 5.92 Å². The van der Waals surface area contributed by atoms with Gasteiger partial charge in [0.2, 0.25) is 21.8 Å². The fourth-order valence-electron chi connectivity index (χ4n) is 3.18. The summed E-state index contributed by atoms with van der Waals surface area (Å²) in [5.41, 5.74) is 0.464. The lowest BCUT2D eigenvalue weighted by Crippen LogP contribution is -2.46. The Labute approximate surface area is 175 Å². The monoisotopic (exact) mass is 435 g/mol. The van der Waals surface area contributed by atoms with Crippen LogP contribution < -0.4 is 10.6 Å². The van der Waals surface area contributed by atoms with Crippen molar-refractivity contribution in [3.05, 3.63) is 59.6 Å². The molecule has 2 N–H and O–H groups in total. The van der Waals surface area contributed by atoms with Crippen molar-refractivity contribution in [2.75, 3.05) is 25.0 Å². The van der Waals surface area contributed by atoms with Crippen LogP contribution in [-0.4, -0.2) is 44.2 Å². The lowest BCUT2D eigenvalue weighted by molar-refractivity contribution is -0.128. The molecule has 0 spiro atoms. The number of sulfonamides is 1. The smallest absolute Gasteiger partial charge is 0.243 e. The van der Waals surface area contributed by atoms with Crippen LogP contribution in [0.3, 0.4) is 0 Å². The number of para-hydroxylation sites is 1. The van der Waals surface area contributed by atoms with Crippen LogP contribution >= 0.6 is 11.6 Å². The number of carbonyl (C=O) groups is 2. The molecule has 2 aromatic rings. The summed E-state index contributed by atoms with van der Waals surface area (Å²) in [6.07, 6.45) is 1.15. The van der Waals surface area contributed by atoms with E-state index in [-0.39, 0.29) is 23.9 Å². The summed E-state index contributed by atoms with van der Waals surface area (Å²) in [5.74, 6) is -1.25. The number of nitrogens with one attached hydrogen (secondary N) is 2. The number of hydrogen-bond acceptors (Lipinski definition) is 4. The fourth-order valence-corrected chi connectivity index (χ4v) is 4.91. The first kappa shape index (κ1) is 21.3. The molecule has 0 radical (unpaired) electrons. The van der Waals surface area contributed by atoms with Gasteiger partial charge in [0.15, 0.2) is 0 Å². The molecule has 1 aliphatic rings. The molecule has 0 saturated carbocycles. The number of hydrogen-bond donors (Lipinski definition) is 2. The van der Waals surface area contributed by atoms with Crippen molar-refractivity contribution < 1.29 is 18.0 Å². The lowest BCUT2D eigenvalue weighted by Gasteiger charge is -2.31. The van der Waals surface area contributed by atoms with Crippen LogP contribution in [0.15, 0.2) is 59.5 Å². The van der Waals surface area contributed by atoms with Crippen LogP contribution in [0.1, 0.15) is 12.8 Å². The number of piperidine rings is 1. The van der Waals surface area contributed by atoms with Crippen LogP contribution in [0.2, 0.25) is 5.02 Å². The molecule has 1 fully saturated rings. The van der Waals surface area contributed by atoms with Gasteiger partial charge in [0.25, 0.3) is 0 Å². The maximum atomic E-state index is 12.8. The average Bonchev–Trinajstić information content (AvgIpc) is 2.74. The molecule has 0 aliphatic carbocycles.